The zero-order valence-electron chi connectivity index (χ0n) is 16.0. The normalized spacial score (nSPS) is 18.7. The maximum Gasteiger partial charge on any atom is 0.407 e. The lowest BCUT2D eigenvalue weighted by Crippen LogP contribution is -2.45. The summed E-state index contributed by atoms with van der Waals surface area (Å²) in [6.45, 7) is 7.50. The summed E-state index contributed by atoms with van der Waals surface area (Å²) in [5, 5.41) is 2.92. The first-order chi connectivity index (χ1) is 12.3. The molecule has 1 atom stereocenters. The number of nitrogens with zero attached hydrogens (tertiary/aromatic N) is 1. The Balaban J connectivity index is 1.78. The number of alkyl carbamates (subject to hydrolysis) is 1. The summed E-state index contributed by atoms with van der Waals surface area (Å²) in [7, 11) is 0. The van der Waals surface area contributed by atoms with E-state index in [1.165, 1.54) is 0 Å². The van der Waals surface area contributed by atoms with Crippen molar-refractivity contribution in [2.45, 2.75) is 58.3 Å². The third kappa shape index (κ3) is 7.87. The van der Waals surface area contributed by atoms with Crippen LogP contribution in [-0.2, 0) is 20.9 Å². The van der Waals surface area contributed by atoms with E-state index >= 15 is 0 Å². The van der Waals surface area contributed by atoms with Crippen molar-refractivity contribution in [3.05, 3.63) is 35.9 Å². The zero-order valence-corrected chi connectivity index (χ0v) is 16.0. The van der Waals surface area contributed by atoms with Gasteiger partial charge in [0.05, 0.1) is 6.54 Å². The van der Waals surface area contributed by atoms with Gasteiger partial charge < -0.3 is 14.8 Å². The number of benzene rings is 1. The third-order valence-corrected chi connectivity index (χ3v) is 4.07. The number of hydrogen-bond acceptors (Lipinski definition) is 5. The number of amides is 1. The lowest BCUT2D eigenvalue weighted by atomic mass is 10.1. The van der Waals surface area contributed by atoms with Crippen molar-refractivity contribution in [1.29, 1.82) is 0 Å². The minimum absolute atomic E-state index is 0.0192. The van der Waals surface area contributed by atoms with Crippen molar-refractivity contribution in [3.63, 3.8) is 0 Å². The number of carbonyl (C=O) groups excluding carboxylic acids is 2. The van der Waals surface area contributed by atoms with E-state index < -0.39 is 11.7 Å². The zero-order chi connectivity index (χ0) is 19.0. The van der Waals surface area contributed by atoms with Gasteiger partial charge in [-0.1, -0.05) is 36.8 Å². The van der Waals surface area contributed by atoms with Crippen molar-refractivity contribution in [2.75, 3.05) is 19.6 Å². The van der Waals surface area contributed by atoms with Gasteiger partial charge in [-0.15, -0.1) is 0 Å². The van der Waals surface area contributed by atoms with Crippen molar-refractivity contribution < 1.29 is 19.1 Å². The number of nitrogens with one attached hydrogen (secondary N) is 1. The molecule has 0 aliphatic carbocycles. The summed E-state index contributed by atoms with van der Waals surface area (Å²) in [5.41, 5.74) is 0.455. The Morgan fingerprint density at radius 1 is 1.19 bits per heavy atom. The molecule has 144 valence electrons. The second kappa shape index (κ2) is 9.57. The number of ether oxygens (including phenoxy) is 2. The molecule has 0 spiro atoms. The second-order valence-corrected chi connectivity index (χ2v) is 7.72. The number of carbonyl (C=O) groups is 2. The van der Waals surface area contributed by atoms with Crippen LogP contribution >= 0.6 is 0 Å². The molecule has 0 saturated carbocycles. The molecule has 0 unspecified atom stereocenters. The van der Waals surface area contributed by atoms with E-state index in [4.69, 9.17) is 9.47 Å². The highest BCUT2D eigenvalue weighted by Crippen LogP contribution is 2.13. The third-order valence-electron chi connectivity index (χ3n) is 4.07. The van der Waals surface area contributed by atoms with Crippen LogP contribution in [0, 0.1) is 0 Å². The maximum atomic E-state index is 12.1. The number of hydrogen-bond donors (Lipinski definition) is 1. The van der Waals surface area contributed by atoms with Crippen LogP contribution in [0.15, 0.2) is 30.3 Å². The van der Waals surface area contributed by atoms with E-state index in [1.807, 2.05) is 56.0 Å². The monoisotopic (exact) mass is 362 g/mol. The first kappa shape index (κ1) is 20.2. The molecule has 1 amide bonds. The summed E-state index contributed by atoms with van der Waals surface area (Å²) >= 11 is 0. The molecule has 1 aromatic rings. The van der Waals surface area contributed by atoms with E-state index in [0.29, 0.717) is 6.54 Å². The molecule has 1 aliphatic heterocycles. The Labute approximate surface area is 155 Å². The van der Waals surface area contributed by atoms with Gasteiger partial charge in [0.1, 0.15) is 12.2 Å². The average molecular weight is 362 g/mol. The molecule has 1 aliphatic rings. The summed E-state index contributed by atoms with van der Waals surface area (Å²) in [5.74, 6) is -0.244. The molecule has 6 heteroatoms. The van der Waals surface area contributed by atoms with Crippen LogP contribution in [0.4, 0.5) is 4.79 Å². The summed E-state index contributed by atoms with van der Waals surface area (Å²) in [4.78, 5) is 26.2. The molecule has 0 radical (unpaired) electrons. The summed E-state index contributed by atoms with van der Waals surface area (Å²) in [6.07, 6.45) is 2.49. The smallest absolute Gasteiger partial charge is 0.407 e. The fourth-order valence-corrected chi connectivity index (χ4v) is 2.92. The molecule has 1 aromatic carbocycles. The van der Waals surface area contributed by atoms with E-state index in [1.54, 1.807) is 0 Å². The van der Waals surface area contributed by atoms with Gasteiger partial charge in [-0.25, -0.2) is 4.79 Å². The van der Waals surface area contributed by atoms with Crippen LogP contribution in [0.2, 0.25) is 0 Å². The van der Waals surface area contributed by atoms with E-state index in [2.05, 4.69) is 5.32 Å². The van der Waals surface area contributed by atoms with Gasteiger partial charge in [0, 0.05) is 12.6 Å². The Kier molecular flexibility index (Phi) is 7.45. The molecular formula is C20H30N2O4. The van der Waals surface area contributed by atoms with Crippen LogP contribution in [0.3, 0.4) is 0 Å². The number of esters is 1. The van der Waals surface area contributed by atoms with E-state index in [-0.39, 0.29) is 25.2 Å². The predicted molar refractivity (Wildman–Crippen MR) is 99.7 cm³/mol. The fraction of sp³-hybridized carbons (Fsp3) is 0.600. The lowest BCUT2D eigenvalue weighted by molar-refractivity contribution is -0.146. The van der Waals surface area contributed by atoms with Gasteiger partial charge in [-0.05, 0) is 45.7 Å². The van der Waals surface area contributed by atoms with Gasteiger partial charge in [0.25, 0.3) is 0 Å². The number of rotatable bonds is 5. The molecular weight excluding hydrogens is 332 g/mol. The predicted octanol–water partition coefficient (Wildman–Crippen LogP) is 3.11. The van der Waals surface area contributed by atoms with Crippen LogP contribution < -0.4 is 5.32 Å². The number of likely N-dealkylation sites (tertiary alicyclic amines) is 1. The van der Waals surface area contributed by atoms with Crippen LogP contribution in [-0.4, -0.2) is 48.2 Å². The average Bonchev–Trinajstić information content (AvgIpc) is 2.77. The van der Waals surface area contributed by atoms with Gasteiger partial charge in [-0.3, -0.25) is 9.69 Å². The van der Waals surface area contributed by atoms with E-state index in [0.717, 1.165) is 31.4 Å². The second-order valence-electron chi connectivity index (χ2n) is 7.72. The lowest BCUT2D eigenvalue weighted by Gasteiger charge is -2.26. The van der Waals surface area contributed by atoms with Crippen LogP contribution in [0.25, 0.3) is 0 Å². The molecule has 1 heterocycles. The highest BCUT2D eigenvalue weighted by Gasteiger charge is 2.24. The van der Waals surface area contributed by atoms with E-state index in [9.17, 15) is 9.59 Å². The Bertz CT molecular complexity index is 583. The minimum Gasteiger partial charge on any atom is -0.460 e. The molecule has 6 nitrogen and oxygen atoms in total. The Morgan fingerprint density at radius 2 is 1.92 bits per heavy atom. The van der Waals surface area contributed by atoms with Crippen LogP contribution in [0.1, 0.15) is 45.6 Å². The highest BCUT2D eigenvalue weighted by atomic mass is 16.6. The quantitative estimate of drug-likeness (QED) is 0.815. The summed E-state index contributed by atoms with van der Waals surface area (Å²) in [6, 6.07) is 9.62. The van der Waals surface area contributed by atoms with Crippen molar-refractivity contribution >= 4 is 12.1 Å². The maximum absolute atomic E-state index is 12.1. The SMILES string of the molecule is CC(C)(C)OC(=O)N[C@H]1CCCCN(CC(=O)OCc2ccccc2)C1. The minimum atomic E-state index is -0.518. The van der Waals surface area contributed by atoms with Gasteiger partial charge >= 0.3 is 12.1 Å². The van der Waals surface area contributed by atoms with Crippen molar-refractivity contribution in [3.8, 4) is 0 Å². The molecule has 26 heavy (non-hydrogen) atoms. The molecule has 1 fully saturated rings. The Morgan fingerprint density at radius 3 is 2.62 bits per heavy atom. The standard InChI is InChI=1S/C20H30N2O4/c1-20(2,3)26-19(24)21-17-11-7-8-12-22(13-17)14-18(23)25-15-16-9-5-4-6-10-16/h4-6,9-10,17H,7-8,11-15H2,1-3H3,(H,21,24)/t17-/m0/s1. The Hall–Kier alpha value is -2.08. The molecule has 0 bridgehead atoms. The molecule has 1 saturated heterocycles. The van der Waals surface area contributed by atoms with Crippen molar-refractivity contribution in [1.82, 2.24) is 10.2 Å². The fourth-order valence-electron chi connectivity index (χ4n) is 2.92. The topological polar surface area (TPSA) is 67.9 Å². The largest absolute Gasteiger partial charge is 0.460 e. The van der Waals surface area contributed by atoms with Gasteiger partial charge in [0.15, 0.2) is 0 Å². The molecule has 0 aromatic heterocycles. The van der Waals surface area contributed by atoms with Gasteiger partial charge in [-0.2, -0.15) is 0 Å². The van der Waals surface area contributed by atoms with Crippen LogP contribution in [0.5, 0.6) is 0 Å². The van der Waals surface area contributed by atoms with Gasteiger partial charge in [0.2, 0.25) is 0 Å². The van der Waals surface area contributed by atoms with Crippen molar-refractivity contribution in [2.24, 2.45) is 0 Å². The molecule has 1 N–H and O–H groups in total. The highest BCUT2D eigenvalue weighted by molar-refractivity contribution is 5.71. The summed E-state index contributed by atoms with van der Waals surface area (Å²) < 4.78 is 10.7. The first-order valence-corrected chi connectivity index (χ1v) is 9.23. The first-order valence-electron chi connectivity index (χ1n) is 9.23. The molecule has 2 rings (SSSR count).